The van der Waals surface area contributed by atoms with Crippen molar-refractivity contribution in [1.82, 2.24) is 4.98 Å². The van der Waals surface area contributed by atoms with Crippen molar-refractivity contribution >= 4 is 22.4 Å². The monoisotopic (exact) mass is 213 g/mol. The van der Waals surface area contributed by atoms with Crippen LogP contribution in [0.15, 0.2) is 10.4 Å². The van der Waals surface area contributed by atoms with Gasteiger partial charge in [0.2, 0.25) is 0 Å². The lowest BCUT2D eigenvalue weighted by Crippen LogP contribution is -2.05. The summed E-state index contributed by atoms with van der Waals surface area (Å²) < 4.78 is 43.8. The number of hydrogen-bond acceptors (Lipinski definition) is 3. The Labute approximate surface area is 73.7 Å². The largest absolute Gasteiger partial charge is 0.302 e. The van der Waals surface area contributed by atoms with Gasteiger partial charge in [-0.1, -0.05) is 0 Å². The molecular weight excluding hydrogens is 208 g/mol. The molecule has 1 atom stereocenters. The Kier molecular flexibility index (Phi) is 2.55. The van der Waals surface area contributed by atoms with Gasteiger partial charge in [0, 0.05) is 6.92 Å². The summed E-state index contributed by atoms with van der Waals surface area (Å²) in [5.74, 6) is -3.04. The lowest BCUT2D eigenvalue weighted by atomic mass is 10.4. The summed E-state index contributed by atoms with van der Waals surface area (Å²) >= 11 is -1.68. The van der Waals surface area contributed by atoms with Crippen LogP contribution in [-0.4, -0.2) is 13.7 Å². The Morgan fingerprint density at radius 3 is 2.58 bits per heavy atom. The van der Waals surface area contributed by atoms with E-state index in [-0.39, 0.29) is 4.21 Å². The molecule has 0 bridgehead atoms. The molecule has 1 heterocycles. The molecule has 0 amide bonds. The SMILES string of the molecule is CC(F)(F)c1ncc(S(=O)O)s1. The molecule has 7 heteroatoms. The van der Waals surface area contributed by atoms with Crippen LogP contribution in [0.5, 0.6) is 0 Å². The molecule has 1 rings (SSSR count). The third-order valence-corrected chi connectivity index (χ3v) is 3.12. The maximum absolute atomic E-state index is 12.5. The van der Waals surface area contributed by atoms with E-state index < -0.39 is 22.0 Å². The van der Waals surface area contributed by atoms with Crippen molar-refractivity contribution in [2.45, 2.75) is 17.1 Å². The summed E-state index contributed by atoms with van der Waals surface area (Å²) in [4.78, 5) is 3.32. The van der Waals surface area contributed by atoms with E-state index in [4.69, 9.17) is 4.55 Å². The molecule has 0 aliphatic heterocycles. The zero-order chi connectivity index (χ0) is 9.35. The van der Waals surface area contributed by atoms with Crippen LogP contribution < -0.4 is 0 Å². The summed E-state index contributed by atoms with van der Waals surface area (Å²) in [6.07, 6.45) is 0.980. The second kappa shape index (κ2) is 3.15. The first-order chi connectivity index (χ1) is 5.41. The van der Waals surface area contributed by atoms with Gasteiger partial charge in [-0.2, -0.15) is 8.78 Å². The number of hydrogen-bond donors (Lipinski definition) is 1. The third-order valence-electron chi connectivity index (χ3n) is 1.03. The highest BCUT2D eigenvalue weighted by Gasteiger charge is 2.28. The smallest absolute Gasteiger partial charge is 0.296 e. The van der Waals surface area contributed by atoms with Gasteiger partial charge in [-0.15, -0.1) is 11.3 Å². The summed E-state index contributed by atoms with van der Waals surface area (Å²) in [6, 6.07) is 0. The van der Waals surface area contributed by atoms with Gasteiger partial charge in [0.25, 0.3) is 5.92 Å². The Bertz CT molecular complexity index is 307. The summed E-state index contributed by atoms with van der Waals surface area (Å²) in [6.45, 7) is 0.690. The minimum absolute atomic E-state index is 0.0634. The van der Waals surface area contributed by atoms with Crippen LogP contribution in [0.1, 0.15) is 11.9 Å². The lowest BCUT2D eigenvalue weighted by molar-refractivity contribution is 0.0172. The molecule has 3 nitrogen and oxygen atoms in total. The van der Waals surface area contributed by atoms with E-state index in [2.05, 4.69) is 4.98 Å². The van der Waals surface area contributed by atoms with Gasteiger partial charge < -0.3 is 4.55 Å². The minimum Gasteiger partial charge on any atom is -0.302 e. The van der Waals surface area contributed by atoms with Crippen molar-refractivity contribution < 1.29 is 17.5 Å². The third kappa shape index (κ3) is 2.05. The van der Waals surface area contributed by atoms with Crippen molar-refractivity contribution in [1.29, 1.82) is 0 Å². The highest BCUT2D eigenvalue weighted by molar-refractivity contribution is 7.81. The molecule has 0 aromatic carbocycles. The highest BCUT2D eigenvalue weighted by atomic mass is 32.2. The van der Waals surface area contributed by atoms with E-state index in [0.29, 0.717) is 18.3 Å². The zero-order valence-electron chi connectivity index (χ0n) is 5.95. The van der Waals surface area contributed by atoms with Crippen LogP contribution in [-0.2, 0) is 17.0 Å². The second-order valence-corrected chi connectivity index (χ2v) is 4.35. The molecule has 0 radical (unpaired) electrons. The van der Waals surface area contributed by atoms with Gasteiger partial charge in [-0.05, 0) is 0 Å². The standard InChI is InChI=1S/C5H5F2NO2S2/c1-5(6,7)4-8-2-3(11-4)12(9)10/h2H,1H3,(H,9,10). The van der Waals surface area contributed by atoms with Crippen LogP contribution in [0.2, 0.25) is 0 Å². The van der Waals surface area contributed by atoms with E-state index in [0.717, 1.165) is 6.20 Å². The van der Waals surface area contributed by atoms with Gasteiger partial charge in [-0.3, -0.25) is 0 Å². The quantitative estimate of drug-likeness (QED) is 0.762. The Morgan fingerprint density at radius 2 is 2.33 bits per heavy atom. The molecule has 12 heavy (non-hydrogen) atoms. The summed E-state index contributed by atoms with van der Waals surface area (Å²) in [7, 11) is 0. The van der Waals surface area contributed by atoms with Crippen molar-refractivity contribution in [2.24, 2.45) is 0 Å². The molecule has 1 aromatic heterocycles. The molecular formula is C5H5F2NO2S2. The summed E-state index contributed by atoms with van der Waals surface area (Å²) in [5.41, 5.74) is 0. The fourth-order valence-corrected chi connectivity index (χ4v) is 1.79. The predicted molar refractivity (Wildman–Crippen MR) is 40.7 cm³/mol. The van der Waals surface area contributed by atoms with E-state index >= 15 is 0 Å². The van der Waals surface area contributed by atoms with E-state index in [1.807, 2.05) is 0 Å². The van der Waals surface area contributed by atoms with Crippen molar-refractivity contribution in [2.75, 3.05) is 0 Å². The molecule has 1 N–H and O–H groups in total. The molecule has 0 fully saturated rings. The summed E-state index contributed by atoms with van der Waals surface area (Å²) in [5, 5.41) is -0.445. The van der Waals surface area contributed by atoms with Crippen molar-refractivity contribution in [3.63, 3.8) is 0 Å². The number of thiazole rings is 1. The van der Waals surface area contributed by atoms with Gasteiger partial charge in [0.05, 0.1) is 6.20 Å². The number of aromatic nitrogens is 1. The van der Waals surface area contributed by atoms with Gasteiger partial charge >= 0.3 is 0 Å². The molecule has 0 aliphatic carbocycles. The number of rotatable bonds is 2. The van der Waals surface area contributed by atoms with Gasteiger partial charge in [-0.25, -0.2) is 9.19 Å². The lowest BCUT2D eigenvalue weighted by Gasteiger charge is -2.03. The molecule has 68 valence electrons. The first-order valence-electron chi connectivity index (χ1n) is 2.86. The topological polar surface area (TPSA) is 50.2 Å². The Morgan fingerprint density at radius 1 is 1.75 bits per heavy atom. The van der Waals surface area contributed by atoms with Crippen LogP contribution in [0, 0.1) is 0 Å². The van der Waals surface area contributed by atoms with Gasteiger partial charge in [0.1, 0.15) is 4.21 Å². The van der Waals surface area contributed by atoms with Crippen molar-refractivity contribution in [3.8, 4) is 0 Å². The van der Waals surface area contributed by atoms with Crippen LogP contribution in [0.25, 0.3) is 0 Å². The number of alkyl halides is 2. The second-order valence-electron chi connectivity index (χ2n) is 2.12. The first-order valence-corrected chi connectivity index (χ1v) is 4.78. The molecule has 1 aromatic rings. The average molecular weight is 213 g/mol. The maximum atomic E-state index is 12.5. The highest BCUT2D eigenvalue weighted by Crippen LogP contribution is 2.31. The average Bonchev–Trinajstić information content (AvgIpc) is 2.30. The Hall–Kier alpha value is -0.400. The molecule has 0 saturated carbocycles. The predicted octanol–water partition coefficient (Wildman–Crippen LogP) is 1.84. The fraction of sp³-hybridized carbons (Fsp3) is 0.400. The maximum Gasteiger partial charge on any atom is 0.296 e. The zero-order valence-corrected chi connectivity index (χ0v) is 7.59. The van der Waals surface area contributed by atoms with E-state index in [9.17, 15) is 13.0 Å². The molecule has 0 spiro atoms. The van der Waals surface area contributed by atoms with Crippen LogP contribution in [0.3, 0.4) is 0 Å². The Balaban J connectivity index is 3.00. The minimum atomic E-state index is -3.04. The molecule has 1 unspecified atom stereocenters. The molecule has 0 saturated heterocycles. The van der Waals surface area contributed by atoms with Crippen molar-refractivity contribution in [3.05, 3.63) is 11.2 Å². The van der Waals surface area contributed by atoms with Crippen LogP contribution in [0.4, 0.5) is 8.78 Å². The first kappa shape index (κ1) is 9.69. The van der Waals surface area contributed by atoms with E-state index in [1.165, 1.54) is 0 Å². The fourth-order valence-electron chi connectivity index (χ4n) is 0.543. The number of nitrogens with zero attached hydrogens (tertiary/aromatic N) is 1. The number of halogens is 2. The molecule has 0 aliphatic rings. The van der Waals surface area contributed by atoms with Gasteiger partial charge in [0.15, 0.2) is 16.1 Å². The van der Waals surface area contributed by atoms with E-state index in [1.54, 1.807) is 0 Å². The van der Waals surface area contributed by atoms with Crippen LogP contribution >= 0.6 is 11.3 Å². The normalized spacial score (nSPS) is 14.7.